The van der Waals surface area contributed by atoms with Gasteiger partial charge in [-0.05, 0) is 31.0 Å². The zero-order chi connectivity index (χ0) is 11.8. The van der Waals surface area contributed by atoms with Crippen LogP contribution in [0.4, 0.5) is 11.4 Å². The second kappa shape index (κ2) is 4.39. The summed E-state index contributed by atoms with van der Waals surface area (Å²) in [7, 11) is 0. The number of fused-ring (bicyclic) bond motifs is 1. The molecule has 2 aliphatic heterocycles. The van der Waals surface area contributed by atoms with Gasteiger partial charge in [-0.15, -0.1) is 0 Å². The van der Waals surface area contributed by atoms with Crippen molar-refractivity contribution in [3.05, 3.63) is 23.2 Å². The maximum absolute atomic E-state index is 6.27. The molecule has 3 nitrogen and oxygen atoms in total. The Morgan fingerprint density at radius 1 is 1.29 bits per heavy atom. The summed E-state index contributed by atoms with van der Waals surface area (Å²) in [5.41, 5.74) is 7.58. The van der Waals surface area contributed by atoms with Crippen molar-refractivity contribution in [1.82, 2.24) is 4.90 Å². The minimum Gasteiger partial charge on any atom is -0.399 e. The Labute approximate surface area is 107 Å². The lowest BCUT2D eigenvalue weighted by molar-refractivity contribution is 0.204. The first kappa shape index (κ1) is 11.2. The molecule has 0 radical (unpaired) electrons. The van der Waals surface area contributed by atoms with E-state index in [1.807, 2.05) is 18.2 Å². The average molecular weight is 252 g/mol. The van der Waals surface area contributed by atoms with Gasteiger partial charge in [0.1, 0.15) is 0 Å². The van der Waals surface area contributed by atoms with Gasteiger partial charge >= 0.3 is 0 Å². The van der Waals surface area contributed by atoms with Gasteiger partial charge in [0.2, 0.25) is 0 Å². The third-order valence-electron chi connectivity index (χ3n) is 3.84. The van der Waals surface area contributed by atoms with E-state index < -0.39 is 0 Å². The fraction of sp³-hybridized carbons (Fsp3) is 0.538. The molecule has 0 amide bonds. The molecule has 1 unspecified atom stereocenters. The van der Waals surface area contributed by atoms with Crippen molar-refractivity contribution >= 4 is 23.0 Å². The molecule has 2 aliphatic rings. The van der Waals surface area contributed by atoms with Crippen LogP contribution in [0.2, 0.25) is 5.02 Å². The van der Waals surface area contributed by atoms with E-state index in [4.69, 9.17) is 17.3 Å². The first-order valence-electron chi connectivity index (χ1n) is 6.28. The van der Waals surface area contributed by atoms with Gasteiger partial charge in [0.25, 0.3) is 0 Å². The Bertz CT molecular complexity index is 407. The van der Waals surface area contributed by atoms with E-state index >= 15 is 0 Å². The minimum absolute atomic E-state index is 0.720. The SMILES string of the molecule is Nc1ccc(N2CC3CCCCN3C2)c(Cl)c1. The number of benzene rings is 1. The van der Waals surface area contributed by atoms with Gasteiger partial charge in [0.05, 0.1) is 17.4 Å². The zero-order valence-corrected chi connectivity index (χ0v) is 10.7. The van der Waals surface area contributed by atoms with Gasteiger partial charge in [0.15, 0.2) is 0 Å². The molecule has 0 aromatic heterocycles. The number of nitrogens with zero attached hydrogens (tertiary/aromatic N) is 2. The molecule has 2 heterocycles. The number of nitrogens with two attached hydrogens (primary N) is 1. The molecule has 3 rings (SSSR count). The molecule has 1 atom stereocenters. The third kappa shape index (κ3) is 2.09. The van der Waals surface area contributed by atoms with E-state index in [1.165, 1.54) is 25.8 Å². The van der Waals surface area contributed by atoms with Crippen LogP contribution in [0.3, 0.4) is 0 Å². The van der Waals surface area contributed by atoms with E-state index in [9.17, 15) is 0 Å². The second-order valence-electron chi connectivity index (χ2n) is 5.04. The first-order valence-corrected chi connectivity index (χ1v) is 6.66. The van der Waals surface area contributed by atoms with E-state index in [1.54, 1.807) is 0 Å². The van der Waals surface area contributed by atoms with E-state index in [0.717, 1.165) is 35.7 Å². The van der Waals surface area contributed by atoms with Gasteiger partial charge in [-0.25, -0.2) is 0 Å². The number of piperidine rings is 1. The van der Waals surface area contributed by atoms with Crippen molar-refractivity contribution in [2.45, 2.75) is 25.3 Å². The molecule has 0 bridgehead atoms. The number of hydrogen-bond acceptors (Lipinski definition) is 3. The number of rotatable bonds is 1. The van der Waals surface area contributed by atoms with Crippen LogP contribution in [0, 0.1) is 0 Å². The summed E-state index contributed by atoms with van der Waals surface area (Å²) in [5.74, 6) is 0. The Kier molecular flexibility index (Phi) is 2.89. The van der Waals surface area contributed by atoms with Crippen LogP contribution in [0.25, 0.3) is 0 Å². The smallest absolute Gasteiger partial charge is 0.0711 e. The predicted octanol–water partition coefficient (Wildman–Crippen LogP) is 2.55. The molecular formula is C13H18ClN3. The lowest BCUT2D eigenvalue weighted by Gasteiger charge is -2.27. The lowest BCUT2D eigenvalue weighted by Crippen LogP contribution is -2.35. The maximum Gasteiger partial charge on any atom is 0.0711 e. The summed E-state index contributed by atoms with van der Waals surface area (Å²) >= 11 is 6.27. The van der Waals surface area contributed by atoms with Crippen LogP contribution in [0.15, 0.2) is 18.2 Å². The number of anilines is 2. The van der Waals surface area contributed by atoms with Crippen LogP contribution in [-0.4, -0.2) is 30.7 Å². The quantitative estimate of drug-likeness (QED) is 0.779. The standard InChI is InChI=1S/C13H18ClN3/c14-12-7-10(15)4-5-13(12)17-8-11-3-1-2-6-16(11)9-17/h4-5,7,11H,1-3,6,8-9,15H2. The highest BCUT2D eigenvalue weighted by Crippen LogP contribution is 2.33. The van der Waals surface area contributed by atoms with Crippen molar-refractivity contribution in [1.29, 1.82) is 0 Å². The van der Waals surface area contributed by atoms with Gasteiger partial charge in [-0.2, -0.15) is 0 Å². The van der Waals surface area contributed by atoms with Crippen molar-refractivity contribution < 1.29 is 0 Å². The fourth-order valence-corrected chi connectivity index (χ4v) is 3.25. The summed E-state index contributed by atoms with van der Waals surface area (Å²) in [5, 5.41) is 0.768. The van der Waals surface area contributed by atoms with Crippen molar-refractivity contribution in [2.24, 2.45) is 0 Å². The maximum atomic E-state index is 6.27. The number of hydrogen-bond donors (Lipinski definition) is 1. The summed E-state index contributed by atoms with van der Waals surface area (Å²) < 4.78 is 0. The second-order valence-corrected chi connectivity index (χ2v) is 5.44. The Hall–Kier alpha value is -0.930. The van der Waals surface area contributed by atoms with Gasteiger partial charge < -0.3 is 10.6 Å². The van der Waals surface area contributed by atoms with Crippen LogP contribution < -0.4 is 10.6 Å². The Balaban J connectivity index is 1.81. The summed E-state index contributed by atoms with van der Waals surface area (Å²) in [6.07, 6.45) is 4.02. The van der Waals surface area contributed by atoms with Crippen LogP contribution in [0.1, 0.15) is 19.3 Å². The number of halogens is 1. The third-order valence-corrected chi connectivity index (χ3v) is 4.15. The highest BCUT2D eigenvalue weighted by molar-refractivity contribution is 6.33. The summed E-state index contributed by atoms with van der Waals surface area (Å²) in [4.78, 5) is 4.94. The topological polar surface area (TPSA) is 32.5 Å². The van der Waals surface area contributed by atoms with E-state index in [-0.39, 0.29) is 0 Å². The molecule has 1 aromatic carbocycles. The average Bonchev–Trinajstić information content (AvgIpc) is 2.72. The van der Waals surface area contributed by atoms with Crippen LogP contribution in [-0.2, 0) is 0 Å². The molecule has 2 N–H and O–H groups in total. The lowest BCUT2D eigenvalue weighted by atomic mass is 10.0. The summed E-state index contributed by atoms with van der Waals surface area (Å²) in [6.45, 7) is 3.34. The zero-order valence-electron chi connectivity index (χ0n) is 9.90. The van der Waals surface area contributed by atoms with E-state index in [0.29, 0.717) is 0 Å². The largest absolute Gasteiger partial charge is 0.399 e. The normalized spacial score (nSPS) is 25.0. The molecule has 17 heavy (non-hydrogen) atoms. The van der Waals surface area contributed by atoms with Gasteiger partial charge in [-0.3, -0.25) is 4.90 Å². The predicted molar refractivity (Wildman–Crippen MR) is 72.4 cm³/mol. The molecule has 0 aliphatic carbocycles. The van der Waals surface area contributed by atoms with Crippen LogP contribution in [0.5, 0.6) is 0 Å². The number of nitrogen functional groups attached to an aromatic ring is 1. The molecule has 4 heteroatoms. The van der Waals surface area contributed by atoms with E-state index in [2.05, 4.69) is 9.80 Å². The highest BCUT2D eigenvalue weighted by Gasteiger charge is 2.32. The summed E-state index contributed by atoms with van der Waals surface area (Å²) in [6, 6.07) is 6.53. The molecule has 92 valence electrons. The Morgan fingerprint density at radius 2 is 2.18 bits per heavy atom. The highest BCUT2D eigenvalue weighted by atomic mass is 35.5. The van der Waals surface area contributed by atoms with Crippen molar-refractivity contribution in [3.8, 4) is 0 Å². The molecule has 0 spiro atoms. The van der Waals surface area contributed by atoms with Gasteiger partial charge in [0, 0.05) is 24.8 Å². The van der Waals surface area contributed by atoms with Gasteiger partial charge in [-0.1, -0.05) is 18.0 Å². The first-order chi connectivity index (χ1) is 8.24. The molecule has 2 saturated heterocycles. The Morgan fingerprint density at radius 3 is 2.94 bits per heavy atom. The molecule has 0 saturated carbocycles. The van der Waals surface area contributed by atoms with Crippen molar-refractivity contribution in [3.63, 3.8) is 0 Å². The minimum atomic E-state index is 0.720. The van der Waals surface area contributed by atoms with Crippen molar-refractivity contribution in [2.75, 3.05) is 30.4 Å². The monoisotopic (exact) mass is 251 g/mol. The fourth-order valence-electron chi connectivity index (χ4n) is 2.94. The molecule has 2 fully saturated rings. The molecular weight excluding hydrogens is 234 g/mol. The van der Waals surface area contributed by atoms with Crippen LogP contribution >= 0.6 is 11.6 Å². The molecule has 1 aromatic rings.